The van der Waals surface area contributed by atoms with Gasteiger partial charge in [-0.15, -0.1) is 11.3 Å². The summed E-state index contributed by atoms with van der Waals surface area (Å²) in [7, 11) is 0. The lowest BCUT2D eigenvalue weighted by Gasteiger charge is -2.32. The molecule has 2 heterocycles. The number of thiophene rings is 1. The maximum atomic E-state index is 13.0. The molecule has 1 aliphatic rings. The fourth-order valence-corrected chi connectivity index (χ4v) is 4.66. The molecular formula is C21H21ClF3N3O3S. The number of nitrogens with one attached hydrogen (secondary N) is 2. The van der Waals surface area contributed by atoms with E-state index in [0.717, 1.165) is 11.3 Å². The number of benzene rings is 1. The van der Waals surface area contributed by atoms with E-state index in [1.54, 1.807) is 49.9 Å². The van der Waals surface area contributed by atoms with Gasteiger partial charge in [0.25, 0.3) is 5.91 Å². The quantitative estimate of drug-likeness (QED) is 0.633. The van der Waals surface area contributed by atoms with Gasteiger partial charge in [0.05, 0.1) is 12.1 Å². The second kappa shape index (κ2) is 8.74. The van der Waals surface area contributed by atoms with Crippen molar-refractivity contribution in [2.24, 2.45) is 5.41 Å². The SMILES string of the molecule is CC(C)(C)C(=O)N1CCc2c(sc(NC(=O)C(F)(F)F)c2C(=O)Nc2ccc(Cl)cc2)C1. The number of hydrogen-bond acceptors (Lipinski definition) is 4. The summed E-state index contributed by atoms with van der Waals surface area (Å²) < 4.78 is 38.6. The van der Waals surface area contributed by atoms with E-state index in [-0.39, 0.29) is 29.4 Å². The fourth-order valence-electron chi connectivity index (χ4n) is 3.28. The van der Waals surface area contributed by atoms with E-state index < -0.39 is 23.4 Å². The van der Waals surface area contributed by atoms with Crippen LogP contribution in [0.15, 0.2) is 24.3 Å². The van der Waals surface area contributed by atoms with Gasteiger partial charge in [-0.3, -0.25) is 14.4 Å². The maximum Gasteiger partial charge on any atom is 0.471 e. The molecule has 3 amide bonds. The number of nitrogens with zero attached hydrogens (tertiary/aromatic N) is 1. The molecule has 0 aliphatic carbocycles. The maximum absolute atomic E-state index is 13.0. The summed E-state index contributed by atoms with van der Waals surface area (Å²) in [4.78, 5) is 39.4. The second-order valence-electron chi connectivity index (χ2n) is 8.35. The third-order valence-electron chi connectivity index (χ3n) is 4.80. The molecule has 0 bridgehead atoms. The van der Waals surface area contributed by atoms with Crippen molar-refractivity contribution in [2.45, 2.75) is 39.9 Å². The number of halogens is 4. The molecule has 6 nitrogen and oxygen atoms in total. The summed E-state index contributed by atoms with van der Waals surface area (Å²) in [6, 6.07) is 6.22. The van der Waals surface area contributed by atoms with E-state index in [0.29, 0.717) is 27.7 Å². The van der Waals surface area contributed by atoms with Crippen molar-refractivity contribution in [3.05, 3.63) is 45.3 Å². The summed E-state index contributed by atoms with van der Waals surface area (Å²) in [5, 5.41) is 4.71. The van der Waals surface area contributed by atoms with E-state index in [2.05, 4.69) is 5.32 Å². The monoisotopic (exact) mass is 487 g/mol. The first-order valence-corrected chi connectivity index (χ1v) is 10.9. The third kappa shape index (κ3) is 5.24. The molecule has 3 rings (SSSR count). The van der Waals surface area contributed by atoms with Gasteiger partial charge in [-0.1, -0.05) is 32.4 Å². The van der Waals surface area contributed by atoms with E-state index in [4.69, 9.17) is 11.6 Å². The van der Waals surface area contributed by atoms with Gasteiger partial charge in [0, 0.05) is 27.5 Å². The van der Waals surface area contributed by atoms with E-state index >= 15 is 0 Å². The topological polar surface area (TPSA) is 78.5 Å². The van der Waals surface area contributed by atoms with Crippen LogP contribution in [-0.2, 0) is 22.6 Å². The van der Waals surface area contributed by atoms with Crippen molar-refractivity contribution in [1.29, 1.82) is 0 Å². The van der Waals surface area contributed by atoms with Crippen LogP contribution in [0, 0.1) is 5.41 Å². The van der Waals surface area contributed by atoms with Crippen LogP contribution in [-0.4, -0.2) is 35.3 Å². The first kappa shape index (κ1) is 24.1. The normalized spacial score (nSPS) is 14.0. The van der Waals surface area contributed by atoms with E-state index in [1.807, 2.05) is 5.32 Å². The van der Waals surface area contributed by atoms with E-state index in [9.17, 15) is 27.6 Å². The summed E-state index contributed by atoms with van der Waals surface area (Å²) in [5.41, 5.74) is 0.266. The highest BCUT2D eigenvalue weighted by Gasteiger charge is 2.41. The second-order valence-corrected chi connectivity index (χ2v) is 9.89. The number of rotatable bonds is 3. The van der Waals surface area contributed by atoms with Crippen molar-refractivity contribution in [1.82, 2.24) is 4.90 Å². The van der Waals surface area contributed by atoms with Crippen LogP contribution in [0.1, 0.15) is 41.6 Å². The zero-order chi connectivity index (χ0) is 23.8. The number of carbonyl (C=O) groups is 3. The molecule has 2 N–H and O–H groups in total. The minimum absolute atomic E-state index is 0.0274. The summed E-state index contributed by atoms with van der Waals surface area (Å²) in [5.74, 6) is -2.93. The van der Waals surface area contributed by atoms with Gasteiger partial charge in [0.2, 0.25) is 5.91 Å². The van der Waals surface area contributed by atoms with Crippen LogP contribution in [0.5, 0.6) is 0 Å². The van der Waals surface area contributed by atoms with Crippen molar-refractivity contribution in [3.8, 4) is 0 Å². The zero-order valence-corrected chi connectivity index (χ0v) is 19.1. The number of hydrogen-bond donors (Lipinski definition) is 2. The van der Waals surface area contributed by atoms with Crippen molar-refractivity contribution in [3.63, 3.8) is 0 Å². The number of carbonyl (C=O) groups excluding carboxylic acids is 3. The Morgan fingerprint density at radius 3 is 2.25 bits per heavy atom. The number of alkyl halides is 3. The van der Waals surface area contributed by atoms with Crippen LogP contribution in [0.4, 0.5) is 23.9 Å². The first-order valence-electron chi connectivity index (χ1n) is 9.66. The van der Waals surface area contributed by atoms with E-state index in [1.165, 1.54) is 0 Å². The Labute approximate surface area is 191 Å². The van der Waals surface area contributed by atoms with Crippen molar-refractivity contribution in [2.75, 3.05) is 17.2 Å². The first-order chi connectivity index (χ1) is 14.8. The number of anilines is 2. The lowest BCUT2D eigenvalue weighted by Crippen LogP contribution is -2.42. The predicted molar refractivity (Wildman–Crippen MR) is 117 cm³/mol. The molecule has 172 valence electrons. The molecule has 1 aromatic heterocycles. The zero-order valence-electron chi connectivity index (χ0n) is 17.5. The van der Waals surface area contributed by atoms with Crippen LogP contribution in [0.2, 0.25) is 5.02 Å². The van der Waals surface area contributed by atoms with Gasteiger partial charge in [-0.25, -0.2) is 0 Å². The van der Waals surface area contributed by atoms with Crippen molar-refractivity contribution < 1.29 is 27.6 Å². The molecule has 2 aromatic rings. The Morgan fingerprint density at radius 1 is 1.06 bits per heavy atom. The van der Waals surface area contributed by atoms with Crippen LogP contribution in [0.3, 0.4) is 0 Å². The lowest BCUT2D eigenvalue weighted by atomic mass is 9.93. The highest BCUT2D eigenvalue weighted by Crippen LogP contribution is 2.39. The van der Waals surface area contributed by atoms with Gasteiger partial charge >= 0.3 is 12.1 Å². The molecule has 1 aliphatic heterocycles. The highest BCUT2D eigenvalue weighted by molar-refractivity contribution is 7.17. The Bertz CT molecular complexity index is 1060. The van der Waals surface area contributed by atoms with Gasteiger partial charge in [0.1, 0.15) is 5.00 Å². The summed E-state index contributed by atoms with van der Waals surface area (Å²) in [6.07, 6.45) is -4.83. The molecule has 32 heavy (non-hydrogen) atoms. The molecule has 0 radical (unpaired) electrons. The minimum Gasteiger partial charge on any atom is -0.337 e. The van der Waals surface area contributed by atoms with Gasteiger partial charge in [-0.05, 0) is 36.2 Å². The van der Waals surface area contributed by atoms with Gasteiger partial charge in [0.15, 0.2) is 0 Å². The fraction of sp³-hybridized carbons (Fsp3) is 0.381. The number of fused-ring (bicyclic) bond motifs is 1. The molecule has 0 unspecified atom stereocenters. The van der Waals surface area contributed by atoms with Crippen LogP contribution < -0.4 is 10.6 Å². The molecule has 1 aromatic carbocycles. The molecule has 0 saturated heterocycles. The Morgan fingerprint density at radius 2 is 1.69 bits per heavy atom. The Hall–Kier alpha value is -2.59. The van der Waals surface area contributed by atoms with Crippen molar-refractivity contribution >= 4 is 51.3 Å². The lowest BCUT2D eigenvalue weighted by molar-refractivity contribution is -0.167. The van der Waals surface area contributed by atoms with Gasteiger partial charge in [-0.2, -0.15) is 13.2 Å². The van der Waals surface area contributed by atoms with Crippen LogP contribution in [0.25, 0.3) is 0 Å². The largest absolute Gasteiger partial charge is 0.471 e. The Kier molecular flexibility index (Phi) is 6.57. The smallest absolute Gasteiger partial charge is 0.337 e. The predicted octanol–water partition coefficient (Wildman–Crippen LogP) is 5.09. The molecular weight excluding hydrogens is 467 g/mol. The summed E-state index contributed by atoms with van der Waals surface area (Å²) in [6.45, 7) is 5.80. The molecule has 0 fully saturated rings. The minimum atomic E-state index is -5.11. The average Bonchev–Trinajstić information content (AvgIpc) is 3.04. The molecule has 0 atom stereocenters. The molecule has 0 spiro atoms. The summed E-state index contributed by atoms with van der Waals surface area (Å²) >= 11 is 6.71. The highest BCUT2D eigenvalue weighted by atomic mass is 35.5. The standard InChI is InChI=1S/C21H21ClF3N3O3S/c1-20(2,3)19(31)28-9-8-13-14(10-28)32-17(27-18(30)21(23,24)25)15(13)16(29)26-12-6-4-11(22)5-7-12/h4-7H,8-10H2,1-3H3,(H,26,29)(H,27,30). The number of amides is 3. The molecule has 11 heteroatoms. The molecule has 0 saturated carbocycles. The Balaban J connectivity index is 1.96. The average molecular weight is 488 g/mol. The third-order valence-corrected chi connectivity index (χ3v) is 6.18. The van der Waals surface area contributed by atoms with Crippen LogP contribution >= 0.6 is 22.9 Å². The van der Waals surface area contributed by atoms with Gasteiger partial charge < -0.3 is 15.5 Å².